The summed E-state index contributed by atoms with van der Waals surface area (Å²) in [6, 6.07) is 13.9. The molecule has 0 bridgehead atoms. The SMILES string of the molecule is C=CCN(c1ccc(C(=O)NC(C)COc2ccc(C)cc2)cc1)S(C)(=O)=O. The summed E-state index contributed by atoms with van der Waals surface area (Å²) in [7, 11) is -3.42. The van der Waals surface area contributed by atoms with Gasteiger partial charge in [-0.15, -0.1) is 6.58 Å². The predicted molar refractivity (Wildman–Crippen MR) is 112 cm³/mol. The van der Waals surface area contributed by atoms with Crippen LogP contribution in [0.5, 0.6) is 5.75 Å². The van der Waals surface area contributed by atoms with Crippen LogP contribution in [0.4, 0.5) is 5.69 Å². The molecule has 0 aliphatic carbocycles. The molecule has 0 radical (unpaired) electrons. The molecule has 0 saturated carbocycles. The summed E-state index contributed by atoms with van der Waals surface area (Å²) in [5.41, 5.74) is 2.08. The Hall–Kier alpha value is -2.80. The van der Waals surface area contributed by atoms with E-state index in [1.165, 1.54) is 10.4 Å². The van der Waals surface area contributed by atoms with E-state index in [0.717, 1.165) is 17.6 Å². The van der Waals surface area contributed by atoms with E-state index in [0.29, 0.717) is 17.9 Å². The van der Waals surface area contributed by atoms with Crippen LogP contribution in [0.2, 0.25) is 0 Å². The lowest BCUT2D eigenvalue weighted by Crippen LogP contribution is -2.36. The zero-order valence-electron chi connectivity index (χ0n) is 16.4. The van der Waals surface area contributed by atoms with E-state index >= 15 is 0 Å². The van der Waals surface area contributed by atoms with E-state index in [1.807, 2.05) is 38.1 Å². The number of sulfonamides is 1. The van der Waals surface area contributed by atoms with Gasteiger partial charge in [-0.3, -0.25) is 9.10 Å². The monoisotopic (exact) mass is 402 g/mol. The summed E-state index contributed by atoms with van der Waals surface area (Å²) in [5.74, 6) is 0.500. The molecule has 6 nitrogen and oxygen atoms in total. The maximum atomic E-state index is 12.4. The molecule has 2 rings (SSSR count). The molecule has 0 heterocycles. The molecule has 0 fully saturated rings. The first-order chi connectivity index (χ1) is 13.2. The quantitative estimate of drug-likeness (QED) is 0.654. The molecule has 1 atom stereocenters. The zero-order valence-corrected chi connectivity index (χ0v) is 17.2. The van der Waals surface area contributed by atoms with E-state index in [9.17, 15) is 13.2 Å². The fourth-order valence-corrected chi connectivity index (χ4v) is 3.41. The Morgan fingerprint density at radius 3 is 2.32 bits per heavy atom. The number of hydrogen-bond acceptors (Lipinski definition) is 4. The van der Waals surface area contributed by atoms with Gasteiger partial charge in [0.1, 0.15) is 12.4 Å². The normalized spacial score (nSPS) is 12.1. The van der Waals surface area contributed by atoms with Gasteiger partial charge in [-0.25, -0.2) is 8.42 Å². The lowest BCUT2D eigenvalue weighted by atomic mass is 10.2. The third-order valence-corrected chi connectivity index (χ3v) is 5.17. The molecule has 7 heteroatoms. The van der Waals surface area contributed by atoms with Gasteiger partial charge >= 0.3 is 0 Å². The largest absolute Gasteiger partial charge is 0.491 e. The van der Waals surface area contributed by atoms with Crippen LogP contribution in [-0.2, 0) is 10.0 Å². The molecule has 1 unspecified atom stereocenters. The lowest BCUT2D eigenvalue weighted by Gasteiger charge is -2.21. The van der Waals surface area contributed by atoms with Crippen LogP contribution in [0.1, 0.15) is 22.8 Å². The average molecular weight is 403 g/mol. The van der Waals surface area contributed by atoms with Crippen molar-refractivity contribution >= 4 is 21.6 Å². The van der Waals surface area contributed by atoms with Gasteiger partial charge in [0.15, 0.2) is 0 Å². The van der Waals surface area contributed by atoms with Crippen molar-refractivity contribution in [1.82, 2.24) is 5.32 Å². The first-order valence-electron chi connectivity index (χ1n) is 8.89. The van der Waals surface area contributed by atoms with Crippen molar-refractivity contribution < 1.29 is 17.9 Å². The first kappa shape index (κ1) is 21.5. The molecule has 0 spiro atoms. The molecule has 1 N–H and O–H groups in total. The number of carbonyl (C=O) groups excluding carboxylic acids is 1. The van der Waals surface area contributed by atoms with Crippen LogP contribution in [0.3, 0.4) is 0 Å². The smallest absolute Gasteiger partial charge is 0.251 e. The molecular weight excluding hydrogens is 376 g/mol. The fraction of sp³-hybridized carbons (Fsp3) is 0.286. The number of ether oxygens (including phenoxy) is 1. The number of carbonyl (C=O) groups is 1. The number of rotatable bonds is 9. The molecule has 2 aromatic carbocycles. The van der Waals surface area contributed by atoms with Crippen LogP contribution < -0.4 is 14.4 Å². The van der Waals surface area contributed by atoms with Crippen molar-refractivity contribution in [2.24, 2.45) is 0 Å². The molecule has 150 valence electrons. The van der Waals surface area contributed by atoms with Crippen LogP contribution >= 0.6 is 0 Å². The number of nitrogens with zero attached hydrogens (tertiary/aromatic N) is 1. The predicted octanol–water partition coefficient (Wildman–Crippen LogP) is 3.14. The van der Waals surface area contributed by atoms with Gasteiger partial charge in [-0.1, -0.05) is 23.8 Å². The maximum Gasteiger partial charge on any atom is 0.251 e. The van der Waals surface area contributed by atoms with Crippen molar-refractivity contribution in [3.63, 3.8) is 0 Å². The highest BCUT2D eigenvalue weighted by molar-refractivity contribution is 7.92. The Balaban J connectivity index is 1.96. The van der Waals surface area contributed by atoms with Crippen molar-refractivity contribution in [2.75, 3.05) is 23.7 Å². The Morgan fingerprint density at radius 1 is 1.18 bits per heavy atom. The highest BCUT2D eigenvalue weighted by atomic mass is 32.2. The van der Waals surface area contributed by atoms with Crippen LogP contribution in [-0.4, -0.2) is 39.8 Å². The second-order valence-electron chi connectivity index (χ2n) is 6.63. The minimum absolute atomic E-state index is 0.164. The minimum Gasteiger partial charge on any atom is -0.491 e. The lowest BCUT2D eigenvalue weighted by molar-refractivity contribution is 0.0926. The second kappa shape index (κ2) is 9.41. The summed E-state index contributed by atoms with van der Waals surface area (Å²) in [5, 5.41) is 2.87. The molecule has 0 aliphatic heterocycles. The number of amides is 1. The van der Waals surface area contributed by atoms with Gasteiger partial charge in [0.05, 0.1) is 24.5 Å². The Bertz CT molecular complexity index is 906. The van der Waals surface area contributed by atoms with Crippen molar-refractivity contribution in [3.05, 3.63) is 72.3 Å². The standard InChI is InChI=1S/C21H26N2O4S/c1-5-14-23(28(4,25)26)19-10-8-18(9-11-19)21(24)22-17(3)15-27-20-12-6-16(2)7-13-20/h5-13,17H,1,14-15H2,2-4H3,(H,22,24). The maximum absolute atomic E-state index is 12.4. The number of hydrogen-bond donors (Lipinski definition) is 1. The van der Waals surface area contributed by atoms with Gasteiger partial charge in [0.2, 0.25) is 10.0 Å². The van der Waals surface area contributed by atoms with Gasteiger partial charge in [-0.05, 0) is 50.2 Å². The molecule has 0 aromatic heterocycles. The van der Waals surface area contributed by atoms with Crippen molar-refractivity contribution in [1.29, 1.82) is 0 Å². The third-order valence-electron chi connectivity index (χ3n) is 4.01. The second-order valence-corrected chi connectivity index (χ2v) is 8.54. The average Bonchev–Trinajstić information content (AvgIpc) is 2.65. The number of aryl methyl sites for hydroxylation is 1. The van der Waals surface area contributed by atoms with Crippen molar-refractivity contribution in [3.8, 4) is 5.75 Å². The summed E-state index contributed by atoms with van der Waals surface area (Å²) in [6.45, 7) is 7.95. The minimum atomic E-state index is -3.42. The van der Waals surface area contributed by atoms with E-state index in [1.54, 1.807) is 24.3 Å². The number of anilines is 1. The van der Waals surface area contributed by atoms with Crippen LogP contribution in [0.15, 0.2) is 61.2 Å². The Labute approximate surface area is 166 Å². The highest BCUT2D eigenvalue weighted by Crippen LogP contribution is 2.18. The number of nitrogens with one attached hydrogen (secondary N) is 1. The highest BCUT2D eigenvalue weighted by Gasteiger charge is 2.17. The molecule has 0 aliphatic rings. The summed E-state index contributed by atoms with van der Waals surface area (Å²) in [6.07, 6.45) is 2.64. The van der Waals surface area contributed by atoms with Gasteiger partial charge in [0, 0.05) is 5.56 Å². The van der Waals surface area contributed by atoms with Gasteiger partial charge in [0.25, 0.3) is 5.91 Å². The van der Waals surface area contributed by atoms with Gasteiger partial charge in [-0.2, -0.15) is 0 Å². The summed E-state index contributed by atoms with van der Waals surface area (Å²) in [4.78, 5) is 12.4. The topological polar surface area (TPSA) is 75.7 Å². The zero-order chi connectivity index (χ0) is 20.7. The molecule has 28 heavy (non-hydrogen) atoms. The van der Waals surface area contributed by atoms with E-state index in [4.69, 9.17) is 4.74 Å². The molecule has 1 amide bonds. The summed E-state index contributed by atoms with van der Waals surface area (Å²) < 4.78 is 30.7. The van der Waals surface area contributed by atoms with Crippen molar-refractivity contribution in [2.45, 2.75) is 19.9 Å². The molecule has 0 saturated heterocycles. The third kappa shape index (κ3) is 6.13. The van der Waals surface area contributed by atoms with Crippen LogP contribution in [0, 0.1) is 6.92 Å². The van der Waals surface area contributed by atoms with E-state index in [-0.39, 0.29) is 18.5 Å². The fourth-order valence-electron chi connectivity index (χ4n) is 2.53. The van der Waals surface area contributed by atoms with E-state index < -0.39 is 10.0 Å². The molecule has 2 aromatic rings. The number of benzene rings is 2. The Morgan fingerprint density at radius 2 is 1.79 bits per heavy atom. The molecular formula is C21H26N2O4S. The summed E-state index contributed by atoms with van der Waals surface area (Å²) >= 11 is 0. The van der Waals surface area contributed by atoms with Gasteiger partial charge < -0.3 is 10.1 Å². The Kier molecular flexibility index (Phi) is 7.23. The van der Waals surface area contributed by atoms with Crippen LogP contribution in [0.25, 0.3) is 0 Å². The first-order valence-corrected chi connectivity index (χ1v) is 10.7. The van der Waals surface area contributed by atoms with E-state index in [2.05, 4.69) is 11.9 Å².